The van der Waals surface area contributed by atoms with E-state index in [1.54, 1.807) is 12.1 Å². The van der Waals surface area contributed by atoms with Gasteiger partial charge in [0.05, 0.1) is 12.5 Å². The minimum absolute atomic E-state index is 0.0394. The summed E-state index contributed by atoms with van der Waals surface area (Å²) in [6, 6.07) is 10.5. The van der Waals surface area contributed by atoms with E-state index in [1.165, 1.54) is 25.2 Å². The highest BCUT2D eigenvalue weighted by molar-refractivity contribution is 7.10. The van der Waals surface area contributed by atoms with Gasteiger partial charge in [0.25, 0.3) is 5.91 Å². The minimum atomic E-state index is -0.940. The lowest BCUT2D eigenvalue weighted by Gasteiger charge is -2.18. The molecule has 0 unspecified atom stereocenters. The lowest BCUT2D eigenvalue weighted by atomic mass is 10.1. The highest BCUT2D eigenvalue weighted by Gasteiger charge is 2.23. The molecule has 6 nitrogen and oxygen atoms in total. The van der Waals surface area contributed by atoms with Crippen molar-refractivity contribution in [3.05, 3.63) is 52.2 Å². The number of esters is 1. The molecule has 2 rings (SSSR count). The number of hydrogen-bond acceptors (Lipinski definition) is 5. The zero-order valence-corrected chi connectivity index (χ0v) is 15.8. The van der Waals surface area contributed by atoms with Crippen molar-refractivity contribution < 1.29 is 19.1 Å². The highest BCUT2D eigenvalue weighted by atomic mass is 32.1. The van der Waals surface area contributed by atoms with E-state index >= 15 is 0 Å². The molecular formula is C19H22N2O4S. The Labute approximate surface area is 156 Å². The first kappa shape index (κ1) is 19.7. The maximum atomic E-state index is 12.2. The van der Waals surface area contributed by atoms with E-state index in [4.69, 9.17) is 4.74 Å². The molecule has 0 aliphatic rings. The summed E-state index contributed by atoms with van der Waals surface area (Å²) in [7, 11) is 0. The Hall–Kier alpha value is -2.67. The lowest BCUT2D eigenvalue weighted by Crippen LogP contribution is -2.32. The fourth-order valence-corrected chi connectivity index (χ4v) is 3.08. The van der Waals surface area contributed by atoms with E-state index in [-0.39, 0.29) is 12.3 Å². The molecule has 2 amide bonds. The second kappa shape index (κ2) is 9.15. The molecule has 0 aliphatic heterocycles. The number of carbonyl (C=O) groups excluding carboxylic acids is 3. The molecule has 7 heteroatoms. The van der Waals surface area contributed by atoms with Gasteiger partial charge in [-0.2, -0.15) is 0 Å². The normalized spacial score (nSPS) is 12.7. The summed E-state index contributed by atoms with van der Waals surface area (Å²) >= 11 is 1.44. The van der Waals surface area contributed by atoms with Crippen LogP contribution in [-0.2, 0) is 19.1 Å². The minimum Gasteiger partial charge on any atom is -0.452 e. The van der Waals surface area contributed by atoms with Crippen molar-refractivity contribution in [3.63, 3.8) is 0 Å². The Balaban J connectivity index is 1.91. The molecule has 26 heavy (non-hydrogen) atoms. The van der Waals surface area contributed by atoms with Crippen LogP contribution in [0.4, 0.5) is 5.69 Å². The predicted molar refractivity (Wildman–Crippen MR) is 101 cm³/mol. The van der Waals surface area contributed by atoms with Gasteiger partial charge in [0, 0.05) is 17.5 Å². The predicted octanol–water partition coefficient (Wildman–Crippen LogP) is 3.19. The number of rotatable bonds is 7. The standard InChI is InChI=1S/C19H22N2O4S/c1-12-6-8-15(9-7-12)21-19(24)13(2)25-18(23)11-16(20-14(3)22)17-5-4-10-26-17/h4-10,13,16H,11H2,1-3H3,(H,20,22)(H,21,24)/t13-,16-/m0/s1. The van der Waals surface area contributed by atoms with Crippen LogP contribution in [0.2, 0.25) is 0 Å². The summed E-state index contributed by atoms with van der Waals surface area (Å²) in [5, 5.41) is 7.30. The number of aryl methyl sites for hydroxylation is 1. The third-order valence-corrected chi connectivity index (χ3v) is 4.62. The van der Waals surface area contributed by atoms with E-state index in [2.05, 4.69) is 10.6 Å². The Kier molecular flexibility index (Phi) is 6.91. The zero-order valence-electron chi connectivity index (χ0n) is 14.9. The summed E-state index contributed by atoms with van der Waals surface area (Å²) in [5.41, 5.74) is 1.72. The molecule has 2 atom stereocenters. The number of anilines is 1. The number of nitrogens with one attached hydrogen (secondary N) is 2. The Morgan fingerprint density at radius 2 is 1.85 bits per heavy atom. The Morgan fingerprint density at radius 3 is 2.42 bits per heavy atom. The molecule has 1 aromatic heterocycles. The number of ether oxygens (including phenoxy) is 1. The zero-order chi connectivity index (χ0) is 19.1. The molecule has 0 saturated heterocycles. The SMILES string of the molecule is CC(=O)N[C@@H](CC(=O)O[C@@H](C)C(=O)Nc1ccc(C)cc1)c1cccs1. The van der Waals surface area contributed by atoms with Crippen LogP contribution in [0.25, 0.3) is 0 Å². The summed E-state index contributed by atoms with van der Waals surface area (Å²) in [6.45, 7) is 4.86. The Morgan fingerprint density at radius 1 is 1.15 bits per heavy atom. The van der Waals surface area contributed by atoms with Crippen molar-refractivity contribution in [3.8, 4) is 0 Å². The van der Waals surface area contributed by atoms with E-state index in [0.717, 1.165) is 10.4 Å². The van der Waals surface area contributed by atoms with Gasteiger partial charge in [-0.15, -0.1) is 11.3 Å². The van der Waals surface area contributed by atoms with Gasteiger partial charge in [-0.3, -0.25) is 14.4 Å². The van der Waals surface area contributed by atoms with Crippen molar-refractivity contribution in [2.75, 3.05) is 5.32 Å². The van der Waals surface area contributed by atoms with Gasteiger partial charge in [-0.1, -0.05) is 23.8 Å². The van der Waals surface area contributed by atoms with Gasteiger partial charge in [0.2, 0.25) is 5.91 Å². The van der Waals surface area contributed by atoms with Crippen molar-refractivity contribution in [1.82, 2.24) is 5.32 Å². The third kappa shape index (κ3) is 6.00. The summed E-state index contributed by atoms with van der Waals surface area (Å²) < 4.78 is 5.22. The quantitative estimate of drug-likeness (QED) is 0.729. The fraction of sp³-hybridized carbons (Fsp3) is 0.316. The highest BCUT2D eigenvalue weighted by Crippen LogP contribution is 2.22. The topological polar surface area (TPSA) is 84.5 Å². The first-order valence-corrected chi connectivity index (χ1v) is 9.10. The number of hydrogen-bond donors (Lipinski definition) is 2. The summed E-state index contributed by atoms with van der Waals surface area (Å²) in [6.07, 6.45) is -0.979. The maximum Gasteiger partial charge on any atom is 0.309 e. The van der Waals surface area contributed by atoms with Crippen molar-refractivity contribution in [2.45, 2.75) is 39.3 Å². The number of carbonyl (C=O) groups is 3. The van der Waals surface area contributed by atoms with E-state index in [1.807, 2.05) is 36.6 Å². The molecule has 1 aromatic carbocycles. The average Bonchev–Trinajstić information content (AvgIpc) is 3.10. The van der Waals surface area contributed by atoms with Crippen molar-refractivity contribution >= 4 is 34.8 Å². The van der Waals surface area contributed by atoms with Gasteiger partial charge in [-0.25, -0.2) is 0 Å². The monoisotopic (exact) mass is 374 g/mol. The lowest BCUT2D eigenvalue weighted by molar-refractivity contribution is -0.153. The molecule has 1 heterocycles. The molecule has 0 fully saturated rings. The largest absolute Gasteiger partial charge is 0.452 e. The first-order chi connectivity index (χ1) is 12.3. The van der Waals surface area contributed by atoms with E-state index in [9.17, 15) is 14.4 Å². The molecular weight excluding hydrogens is 352 g/mol. The van der Waals surface area contributed by atoms with Crippen LogP contribution >= 0.6 is 11.3 Å². The molecule has 2 aromatic rings. The maximum absolute atomic E-state index is 12.2. The van der Waals surface area contributed by atoms with Gasteiger partial charge in [0.15, 0.2) is 6.10 Å². The van der Waals surface area contributed by atoms with Crippen LogP contribution in [0.3, 0.4) is 0 Å². The van der Waals surface area contributed by atoms with Crippen molar-refractivity contribution in [1.29, 1.82) is 0 Å². The van der Waals surface area contributed by atoms with E-state index in [0.29, 0.717) is 5.69 Å². The van der Waals surface area contributed by atoms with Gasteiger partial charge < -0.3 is 15.4 Å². The summed E-state index contributed by atoms with van der Waals surface area (Å²) in [5.74, 6) is -1.19. The van der Waals surface area contributed by atoms with Gasteiger partial charge in [-0.05, 0) is 37.4 Å². The van der Waals surface area contributed by atoms with Gasteiger partial charge in [0.1, 0.15) is 0 Å². The average molecular weight is 374 g/mol. The molecule has 138 valence electrons. The van der Waals surface area contributed by atoms with Crippen LogP contribution in [0.5, 0.6) is 0 Å². The molecule has 0 bridgehead atoms. The van der Waals surface area contributed by atoms with Crippen LogP contribution < -0.4 is 10.6 Å². The van der Waals surface area contributed by atoms with Gasteiger partial charge >= 0.3 is 5.97 Å². The van der Waals surface area contributed by atoms with Crippen LogP contribution in [0, 0.1) is 6.92 Å². The summed E-state index contributed by atoms with van der Waals surface area (Å²) in [4.78, 5) is 36.6. The van der Waals surface area contributed by atoms with Crippen molar-refractivity contribution in [2.24, 2.45) is 0 Å². The molecule has 0 aliphatic carbocycles. The smallest absolute Gasteiger partial charge is 0.309 e. The van der Waals surface area contributed by atoms with Crippen LogP contribution in [0.1, 0.15) is 36.8 Å². The molecule has 0 radical (unpaired) electrons. The second-order valence-electron chi connectivity index (χ2n) is 5.96. The third-order valence-electron chi connectivity index (χ3n) is 3.63. The second-order valence-corrected chi connectivity index (χ2v) is 6.94. The Bertz CT molecular complexity index is 756. The molecule has 2 N–H and O–H groups in total. The van der Waals surface area contributed by atoms with Crippen LogP contribution in [-0.4, -0.2) is 23.9 Å². The number of thiophene rings is 1. The van der Waals surface area contributed by atoms with E-state index < -0.39 is 24.0 Å². The van der Waals surface area contributed by atoms with Crippen LogP contribution in [0.15, 0.2) is 41.8 Å². The molecule has 0 spiro atoms. The number of benzene rings is 1. The molecule has 0 saturated carbocycles. The first-order valence-electron chi connectivity index (χ1n) is 8.22. The number of amides is 2. The fourth-order valence-electron chi connectivity index (χ4n) is 2.30.